The van der Waals surface area contributed by atoms with Crippen LogP contribution in [0, 0.1) is 0 Å². The van der Waals surface area contributed by atoms with Gasteiger partial charge in [0.05, 0.1) is 7.11 Å². The van der Waals surface area contributed by atoms with Gasteiger partial charge in [0.2, 0.25) is 0 Å². The van der Waals surface area contributed by atoms with Crippen LogP contribution in [0.1, 0.15) is 49.5 Å². The zero-order valence-electron chi connectivity index (χ0n) is 18.6. The van der Waals surface area contributed by atoms with Crippen LogP contribution >= 0.6 is 0 Å². The average Bonchev–Trinajstić information content (AvgIpc) is 2.79. The molecule has 1 aliphatic rings. The van der Waals surface area contributed by atoms with E-state index >= 15 is 0 Å². The Morgan fingerprint density at radius 3 is 2.27 bits per heavy atom. The topological polar surface area (TPSA) is 50.8 Å². The Bertz CT molecular complexity index is 809. The van der Waals surface area contributed by atoms with Crippen molar-refractivity contribution in [3.63, 3.8) is 0 Å². The van der Waals surface area contributed by atoms with Gasteiger partial charge >= 0.3 is 0 Å². The fourth-order valence-corrected chi connectivity index (χ4v) is 4.28. The normalized spacial score (nSPS) is 15.6. The van der Waals surface area contributed by atoms with E-state index in [9.17, 15) is 4.79 Å². The maximum Gasteiger partial charge on any atom is 0.251 e. The van der Waals surface area contributed by atoms with Crippen LogP contribution in [0.4, 0.5) is 5.69 Å². The zero-order valence-corrected chi connectivity index (χ0v) is 18.6. The Labute approximate surface area is 180 Å². The predicted octanol–water partition coefficient (Wildman–Crippen LogP) is 4.41. The summed E-state index contributed by atoms with van der Waals surface area (Å²) < 4.78 is 10.9. The lowest BCUT2D eigenvalue weighted by Gasteiger charge is -2.38. The van der Waals surface area contributed by atoms with Crippen LogP contribution in [0.5, 0.6) is 5.75 Å². The largest absolute Gasteiger partial charge is 0.497 e. The van der Waals surface area contributed by atoms with E-state index in [1.807, 2.05) is 36.4 Å². The molecule has 2 aromatic rings. The first-order valence-electron chi connectivity index (χ1n) is 10.9. The number of benzene rings is 2. The fourth-order valence-electron chi connectivity index (χ4n) is 4.28. The quantitative estimate of drug-likeness (QED) is 0.700. The Balaban J connectivity index is 1.71. The second-order valence-corrected chi connectivity index (χ2v) is 8.23. The highest BCUT2D eigenvalue weighted by Crippen LogP contribution is 2.35. The van der Waals surface area contributed by atoms with Crippen molar-refractivity contribution in [2.45, 2.75) is 45.1 Å². The van der Waals surface area contributed by atoms with Gasteiger partial charge in [-0.25, -0.2) is 0 Å². The number of methoxy groups -OCH3 is 1. The second-order valence-electron chi connectivity index (χ2n) is 8.23. The van der Waals surface area contributed by atoms with E-state index in [0.29, 0.717) is 31.4 Å². The summed E-state index contributed by atoms with van der Waals surface area (Å²) in [4.78, 5) is 15.2. The summed E-state index contributed by atoms with van der Waals surface area (Å²) >= 11 is 0. The number of nitrogens with zero attached hydrogens (tertiary/aromatic N) is 1. The minimum atomic E-state index is -0.114. The first kappa shape index (κ1) is 22.2. The molecule has 30 heavy (non-hydrogen) atoms. The minimum absolute atomic E-state index is 0.0338. The monoisotopic (exact) mass is 410 g/mol. The Hall–Kier alpha value is -2.53. The third kappa shape index (κ3) is 4.96. The molecule has 0 unspecified atom stereocenters. The number of amides is 1. The first-order chi connectivity index (χ1) is 14.5. The fraction of sp³-hybridized carbons (Fsp3) is 0.480. The van der Waals surface area contributed by atoms with Crippen molar-refractivity contribution in [3.8, 4) is 5.75 Å². The van der Waals surface area contributed by atoms with Gasteiger partial charge in [-0.05, 0) is 75.6 Å². The predicted molar refractivity (Wildman–Crippen MR) is 122 cm³/mol. The van der Waals surface area contributed by atoms with Gasteiger partial charge in [-0.2, -0.15) is 0 Å². The molecule has 5 heteroatoms. The molecule has 0 aromatic heterocycles. The molecule has 1 saturated heterocycles. The van der Waals surface area contributed by atoms with Crippen LogP contribution in [-0.2, 0) is 10.2 Å². The summed E-state index contributed by atoms with van der Waals surface area (Å²) in [7, 11) is 1.67. The van der Waals surface area contributed by atoms with E-state index in [2.05, 4.69) is 43.1 Å². The van der Waals surface area contributed by atoms with Gasteiger partial charge in [0.25, 0.3) is 5.91 Å². The molecule has 1 heterocycles. The third-order valence-electron chi connectivity index (χ3n) is 6.16. The summed E-state index contributed by atoms with van der Waals surface area (Å²) in [5, 5.41) is 3.18. The third-order valence-corrected chi connectivity index (χ3v) is 6.16. The Kier molecular flexibility index (Phi) is 7.38. The van der Waals surface area contributed by atoms with Gasteiger partial charge in [0, 0.05) is 49.0 Å². The average molecular weight is 411 g/mol. The van der Waals surface area contributed by atoms with Crippen molar-refractivity contribution in [2.24, 2.45) is 0 Å². The molecule has 0 radical (unpaired) electrons. The van der Waals surface area contributed by atoms with E-state index in [-0.39, 0.29) is 11.3 Å². The number of rotatable bonds is 8. The molecule has 1 N–H and O–H groups in total. The number of hydrogen-bond donors (Lipinski definition) is 1. The first-order valence-corrected chi connectivity index (χ1v) is 10.9. The summed E-state index contributed by atoms with van der Waals surface area (Å²) in [5.74, 6) is 0.807. The van der Waals surface area contributed by atoms with Crippen LogP contribution in [0.15, 0.2) is 48.5 Å². The Morgan fingerprint density at radius 2 is 1.73 bits per heavy atom. The molecule has 1 aliphatic heterocycles. The smallest absolute Gasteiger partial charge is 0.251 e. The molecule has 1 fully saturated rings. The van der Waals surface area contributed by atoms with Crippen molar-refractivity contribution in [1.29, 1.82) is 0 Å². The highest BCUT2D eigenvalue weighted by molar-refractivity contribution is 5.94. The molecule has 162 valence electrons. The second kappa shape index (κ2) is 9.98. The standard InChI is InChI=1S/C25H34N2O3/c1-5-27(19(2)3)22-10-6-20(7-11-22)24(28)26-18-25(14-16-30-17-15-25)21-8-12-23(29-4)13-9-21/h6-13,19H,5,14-18H2,1-4H3,(H,26,28). The van der Waals surface area contributed by atoms with Crippen LogP contribution < -0.4 is 15.0 Å². The number of nitrogens with one attached hydrogen (secondary N) is 1. The van der Waals surface area contributed by atoms with Gasteiger partial charge in [-0.1, -0.05) is 12.1 Å². The van der Waals surface area contributed by atoms with Crippen LogP contribution in [0.2, 0.25) is 0 Å². The van der Waals surface area contributed by atoms with Gasteiger partial charge < -0.3 is 19.7 Å². The summed E-state index contributed by atoms with van der Waals surface area (Å²) in [6.45, 7) is 9.45. The molecule has 0 aliphatic carbocycles. The number of hydrogen-bond acceptors (Lipinski definition) is 4. The van der Waals surface area contributed by atoms with Gasteiger partial charge in [0.15, 0.2) is 0 Å². The van der Waals surface area contributed by atoms with Crippen LogP contribution in [-0.4, -0.2) is 45.4 Å². The molecule has 5 nitrogen and oxygen atoms in total. The lowest BCUT2D eigenvalue weighted by molar-refractivity contribution is 0.0487. The van der Waals surface area contributed by atoms with Gasteiger partial charge in [-0.3, -0.25) is 4.79 Å². The molecule has 1 amide bonds. The molecule has 3 rings (SSSR count). The molecule has 0 spiro atoms. The van der Waals surface area contributed by atoms with Crippen LogP contribution in [0.3, 0.4) is 0 Å². The minimum Gasteiger partial charge on any atom is -0.497 e. The van der Waals surface area contributed by atoms with Crippen molar-refractivity contribution in [3.05, 3.63) is 59.7 Å². The van der Waals surface area contributed by atoms with E-state index in [0.717, 1.165) is 30.8 Å². The van der Waals surface area contributed by atoms with E-state index in [1.54, 1.807) is 7.11 Å². The molecular formula is C25H34N2O3. The summed E-state index contributed by atoms with van der Waals surface area (Å²) in [6.07, 6.45) is 1.77. The van der Waals surface area contributed by atoms with Crippen molar-refractivity contribution < 1.29 is 14.3 Å². The maximum absolute atomic E-state index is 12.9. The van der Waals surface area contributed by atoms with Crippen molar-refractivity contribution in [1.82, 2.24) is 5.32 Å². The number of carbonyl (C=O) groups excluding carboxylic acids is 1. The van der Waals surface area contributed by atoms with Crippen LogP contribution in [0.25, 0.3) is 0 Å². The highest BCUT2D eigenvalue weighted by Gasteiger charge is 2.35. The van der Waals surface area contributed by atoms with Gasteiger partial charge in [0.1, 0.15) is 5.75 Å². The molecular weight excluding hydrogens is 376 g/mol. The number of anilines is 1. The van der Waals surface area contributed by atoms with E-state index < -0.39 is 0 Å². The SMILES string of the molecule is CCN(c1ccc(C(=O)NCC2(c3ccc(OC)cc3)CCOCC2)cc1)C(C)C. The lowest BCUT2D eigenvalue weighted by Crippen LogP contribution is -2.44. The Morgan fingerprint density at radius 1 is 1.10 bits per heavy atom. The summed E-state index contributed by atoms with van der Waals surface area (Å²) in [5.41, 5.74) is 2.94. The molecule has 0 atom stereocenters. The van der Waals surface area contributed by atoms with E-state index in [4.69, 9.17) is 9.47 Å². The molecule has 2 aromatic carbocycles. The maximum atomic E-state index is 12.9. The zero-order chi connectivity index (χ0) is 21.6. The number of carbonyl (C=O) groups is 1. The molecule has 0 saturated carbocycles. The number of ether oxygens (including phenoxy) is 2. The van der Waals surface area contributed by atoms with Gasteiger partial charge in [-0.15, -0.1) is 0 Å². The molecule has 0 bridgehead atoms. The lowest BCUT2D eigenvalue weighted by atomic mass is 9.74. The van der Waals surface area contributed by atoms with Crippen molar-refractivity contribution >= 4 is 11.6 Å². The highest BCUT2D eigenvalue weighted by atomic mass is 16.5. The van der Waals surface area contributed by atoms with Crippen molar-refractivity contribution in [2.75, 3.05) is 38.3 Å². The summed E-state index contributed by atoms with van der Waals surface area (Å²) in [6, 6.07) is 16.5. The van der Waals surface area contributed by atoms with E-state index in [1.165, 1.54) is 5.56 Å².